The third-order valence-electron chi connectivity index (χ3n) is 3.60. The average Bonchev–Trinajstić information content (AvgIpc) is 2.86. The maximum atomic E-state index is 12.3. The minimum atomic E-state index is -0.558. The molecule has 1 aromatic rings. The molecule has 0 aromatic heterocycles. The lowest BCUT2D eigenvalue weighted by Crippen LogP contribution is -2.33. The molecule has 0 aliphatic carbocycles. The normalized spacial score (nSPS) is 19.9. The van der Waals surface area contributed by atoms with Crippen molar-refractivity contribution in [3.8, 4) is 0 Å². The molecule has 6 nitrogen and oxygen atoms in total. The molecule has 2 atom stereocenters. The molecule has 1 amide bonds. The van der Waals surface area contributed by atoms with E-state index in [9.17, 15) is 14.9 Å². The van der Waals surface area contributed by atoms with E-state index in [0.29, 0.717) is 13.1 Å². The van der Waals surface area contributed by atoms with E-state index >= 15 is 0 Å². The van der Waals surface area contributed by atoms with Crippen molar-refractivity contribution >= 4 is 23.2 Å². The second-order valence-corrected chi connectivity index (χ2v) is 5.55. The van der Waals surface area contributed by atoms with Crippen molar-refractivity contribution in [1.29, 1.82) is 0 Å². The molecule has 20 heavy (non-hydrogen) atoms. The first-order chi connectivity index (χ1) is 9.38. The van der Waals surface area contributed by atoms with Crippen LogP contribution in [0.3, 0.4) is 0 Å². The molecule has 1 aliphatic rings. The van der Waals surface area contributed by atoms with Crippen LogP contribution in [0.4, 0.5) is 5.69 Å². The van der Waals surface area contributed by atoms with Gasteiger partial charge in [-0.3, -0.25) is 14.9 Å². The number of hydrogen-bond donors (Lipinski definition) is 1. The van der Waals surface area contributed by atoms with Gasteiger partial charge in [-0.05, 0) is 25.3 Å². The van der Waals surface area contributed by atoms with Crippen LogP contribution in [0.15, 0.2) is 18.2 Å². The van der Waals surface area contributed by atoms with Crippen LogP contribution >= 0.6 is 11.6 Å². The summed E-state index contributed by atoms with van der Waals surface area (Å²) in [5.74, 6) is 0.0341. The fraction of sp³-hybridized carbons (Fsp3) is 0.462. The first kappa shape index (κ1) is 14.7. The van der Waals surface area contributed by atoms with E-state index in [1.165, 1.54) is 18.2 Å². The summed E-state index contributed by atoms with van der Waals surface area (Å²) < 4.78 is 0. The highest BCUT2D eigenvalue weighted by molar-refractivity contribution is 6.31. The van der Waals surface area contributed by atoms with Gasteiger partial charge in [-0.1, -0.05) is 11.6 Å². The summed E-state index contributed by atoms with van der Waals surface area (Å²) in [6, 6.07) is 3.97. The van der Waals surface area contributed by atoms with Crippen molar-refractivity contribution < 1.29 is 9.72 Å². The summed E-state index contributed by atoms with van der Waals surface area (Å²) in [6.07, 6.45) is 0.853. The number of carbonyl (C=O) groups is 1. The third kappa shape index (κ3) is 3.08. The van der Waals surface area contributed by atoms with Gasteiger partial charge in [0.15, 0.2) is 0 Å². The van der Waals surface area contributed by atoms with Gasteiger partial charge in [0, 0.05) is 41.9 Å². The van der Waals surface area contributed by atoms with Crippen LogP contribution < -0.4 is 5.73 Å². The number of nitrogens with zero attached hydrogens (tertiary/aromatic N) is 2. The number of carbonyl (C=O) groups excluding carboxylic acids is 1. The number of nitrogens with two attached hydrogens (primary N) is 1. The third-order valence-corrected chi connectivity index (χ3v) is 3.81. The van der Waals surface area contributed by atoms with E-state index in [2.05, 4.69) is 0 Å². The Kier molecular flexibility index (Phi) is 4.25. The summed E-state index contributed by atoms with van der Waals surface area (Å²) in [6.45, 7) is 3.12. The number of likely N-dealkylation sites (tertiary alicyclic amines) is 1. The molecule has 1 fully saturated rings. The number of nitro groups is 1. The van der Waals surface area contributed by atoms with Gasteiger partial charge in [0.2, 0.25) is 0 Å². The van der Waals surface area contributed by atoms with E-state index in [1.807, 2.05) is 6.92 Å². The maximum Gasteiger partial charge on any atom is 0.271 e. The van der Waals surface area contributed by atoms with Gasteiger partial charge in [-0.25, -0.2) is 0 Å². The predicted octanol–water partition coefficient (Wildman–Crippen LogP) is 2.06. The molecule has 2 unspecified atom stereocenters. The molecule has 0 bridgehead atoms. The molecule has 1 heterocycles. The smallest absolute Gasteiger partial charge is 0.271 e. The molecule has 0 radical (unpaired) electrons. The number of amides is 1. The average molecular weight is 298 g/mol. The summed E-state index contributed by atoms with van der Waals surface area (Å²) in [4.78, 5) is 24.3. The molecule has 2 N–H and O–H groups in total. The quantitative estimate of drug-likeness (QED) is 0.683. The monoisotopic (exact) mass is 297 g/mol. The number of hydrogen-bond acceptors (Lipinski definition) is 4. The molecule has 108 valence electrons. The SMILES string of the molecule is CC(N)C1CCN(C(=O)c2cc(Cl)cc([N+](=O)[O-])c2)C1. The lowest BCUT2D eigenvalue weighted by Gasteiger charge is -2.18. The van der Waals surface area contributed by atoms with Crippen LogP contribution in [-0.4, -0.2) is 34.9 Å². The topological polar surface area (TPSA) is 89.5 Å². The Balaban J connectivity index is 2.20. The molecule has 1 aromatic carbocycles. The Morgan fingerprint density at radius 2 is 2.25 bits per heavy atom. The van der Waals surface area contributed by atoms with Gasteiger partial charge in [-0.15, -0.1) is 0 Å². The van der Waals surface area contributed by atoms with Crippen LogP contribution in [0.5, 0.6) is 0 Å². The summed E-state index contributed by atoms with van der Waals surface area (Å²) >= 11 is 5.83. The second kappa shape index (κ2) is 5.76. The predicted molar refractivity (Wildman–Crippen MR) is 75.8 cm³/mol. The Morgan fingerprint density at radius 1 is 1.55 bits per heavy atom. The van der Waals surface area contributed by atoms with E-state index in [1.54, 1.807) is 4.90 Å². The van der Waals surface area contributed by atoms with Gasteiger partial charge in [0.25, 0.3) is 11.6 Å². The van der Waals surface area contributed by atoms with Crippen molar-refractivity contribution in [2.45, 2.75) is 19.4 Å². The lowest BCUT2D eigenvalue weighted by atomic mass is 10.0. The minimum Gasteiger partial charge on any atom is -0.338 e. The van der Waals surface area contributed by atoms with Crippen LogP contribution in [0.25, 0.3) is 0 Å². The molecule has 1 saturated heterocycles. The molecule has 2 rings (SSSR count). The number of halogens is 1. The van der Waals surface area contributed by atoms with Crippen LogP contribution in [-0.2, 0) is 0 Å². The van der Waals surface area contributed by atoms with Crippen molar-refractivity contribution in [2.24, 2.45) is 11.7 Å². The van der Waals surface area contributed by atoms with E-state index in [0.717, 1.165) is 6.42 Å². The lowest BCUT2D eigenvalue weighted by molar-refractivity contribution is -0.384. The molecule has 0 spiro atoms. The molecular formula is C13H16ClN3O3. The Morgan fingerprint density at radius 3 is 2.80 bits per heavy atom. The van der Waals surface area contributed by atoms with Crippen molar-refractivity contribution in [3.63, 3.8) is 0 Å². The standard InChI is InChI=1S/C13H16ClN3O3/c1-8(15)9-2-3-16(7-9)13(18)10-4-11(14)6-12(5-10)17(19)20/h4-6,8-9H,2-3,7,15H2,1H3. The second-order valence-electron chi connectivity index (χ2n) is 5.11. The van der Waals surface area contributed by atoms with Crippen LogP contribution in [0.2, 0.25) is 5.02 Å². The Bertz CT molecular complexity index is 548. The van der Waals surface area contributed by atoms with Gasteiger partial charge in [0.05, 0.1) is 4.92 Å². The van der Waals surface area contributed by atoms with Crippen molar-refractivity contribution in [3.05, 3.63) is 38.9 Å². The largest absolute Gasteiger partial charge is 0.338 e. The van der Waals surface area contributed by atoms with E-state index in [4.69, 9.17) is 17.3 Å². The summed E-state index contributed by atoms with van der Waals surface area (Å²) in [5, 5.41) is 11.0. The van der Waals surface area contributed by atoms with Gasteiger partial charge < -0.3 is 10.6 Å². The zero-order valence-corrected chi connectivity index (χ0v) is 11.8. The first-order valence-corrected chi connectivity index (χ1v) is 6.76. The molecular weight excluding hydrogens is 282 g/mol. The summed E-state index contributed by atoms with van der Waals surface area (Å²) in [5.41, 5.74) is 5.91. The van der Waals surface area contributed by atoms with Crippen LogP contribution in [0, 0.1) is 16.0 Å². The maximum absolute atomic E-state index is 12.3. The number of rotatable bonds is 3. The van der Waals surface area contributed by atoms with Gasteiger partial charge in [-0.2, -0.15) is 0 Å². The Labute approximate surface area is 121 Å². The zero-order valence-electron chi connectivity index (χ0n) is 11.1. The summed E-state index contributed by atoms with van der Waals surface area (Å²) in [7, 11) is 0. The zero-order chi connectivity index (χ0) is 14.9. The molecule has 1 aliphatic heterocycles. The van der Waals surface area contributed by atoms with Gasteiger partial charge in [0.1, 0.15) is 0 Å². The number of benzene rings is 1. The number of nitro benzene ring substituents is 1. The van der Waals surface area contributed by atoms with E-state index in [-0.39, 0.29) is 34.1 Å². The first-order valence-electron chi connectivity index (χ1n) is 6.38. The number of non-ortho nitro benzene ring substituents is 1. The fourth-order valence-corrected chi connectivity index (χ4v) is 2.62. The van der Waals surface area contributed by atoms with Crippen molar-refractivity contribution in [1.82, 2.24) is 4.90 Å². The minimum absolute atomic E-state index is 0.0292. The highest BCUT2D eigenvalue weighted by Crippen LogP contribution is 2.25. The highest BCUT2D eigenvalue weighted by Gasteiger charge is 2.29. The fourth-order valence-electron chi connectivity index (χ4n) is 2.39. The molecule has 0 saturated carbocycles. The van der Waals surface area contributed by atoms with Gasteiger partial charge >= 0.3 is 0 Å². The van der Waals surface area contributed by atoms with Crippen LogP contribution in [0.1, 0.15) is 23.7 Å². The molecule has 7 heteroatoms. The Hall–Kier alpha value is -1.66. The van der Waals surface area contributed by atoms with E-state index < -0.39 is 4.92 Å². The van der Waals surface area contributed by atoms with Crippen molar-refractivity contribution in [2.75, 3.05) is 13.1 Å². The highest BCUT2D eigenvalue weighted by atomic mass is 35.5.